The molecule has 1 unspecified atom stereocenters. The van der Waals surface area contributed by atoms with E-state index in [1.54, 1.807) is 0 Å². The number of nitrogens with one attached hydrogen (secondary N) is 2. The van der Waals surface area contributed by atoms with Gasteiger partial charge in [0.1, 0.15) is 0 Å². The number of benzene rings is 1. The number of halogens is 1. The lowest BCUT2D eigenvalue weighted by molar-refractivity contribution is 0.0920. The maximum Gasteiger partial charge on any atom is 0.273 e. The van der Waals surface area contributed by atoms with Crippen LogP contribution in [0.15, 0.2) is 28.7 Å². The van der Waals surface area contributed by atoms with Gasteiger partial charge in [-0.15, -0.1) is 0 Å². The van der Waals surface area contributed by atoms with Gasteiger partial charge in [-0.2, -0.15) is 5.10 Å². The van der Waals surface area contributed by atoms with Crippen LogP contribution in [-0.2, 0) is 13.0 Å². The van der Waals surface area contributed by atoms with E-state index >= 15 is 0 Å². The Morgan fingerprint density at radius 3 is 2.73 bits per heavy atom. The summed E-state index contributed by atoms with van der Waals surface area (Å²) in [5.41, 5.74) is 4.24. The van der Waals surface area contributed by atoms with E-state index in [4.69, 9.17) is 0 Å². The van der Waals surface area contributed by atoms with E-state index < -0.39 is 0 Å². The monoisotopic (exact) mass is 418 g/mol. The normalized spacial score (nSPS) is 15.7. The summed E-state index contributed by atoms with van der Waals surface area (Å²) in [6.45, 7) is 8.94. The molecule has 0 radical (unpaired) electrons. The molecule has 1 aliphatic heterocycles. The molecule has 26 heavy (non-hydrogen) atoms. The summed E-state index contributed by atoms with van der Waals surface area (Å²) < 4.78 is 0.768. The van der Waals surface area contributed by atoms with Crippen molar-refractivity contribution >= 4 is 21.8 Å². The van der Waals surface area contributed by atoms with E-state index in [1.807, 2.05) is 0 Å². The van der Waals surface area contributed by atoms with Crippen molar-refractivity contribution in [3.8, 4) is 0 Å². The third-order valence-corrected chi connectivity index (χ3v) is 5.97. The number of rotatable bonds is 6. The van der Waals surface area contributed by atoms with E-state index in [-0.39, 0.29) is 11.8 Å². The van der Waals surface area contributed by atoms with Gasteiger partial charge in [0, 0.05) is 25.7 Å². The summed E-state index contributed by atoms with van der Waals surface area (Å²) in [4.78, 5) is 15.0. The van der Waals surface area contributed by atoms with Crippen LogP contribution in [0.2, 0.25) is 0 Å². The second-order valence-corrected chi connectivity index (χ2v) is 8.01. The van der Waals surface area contributed by atoms with Gasteiger partial charge in [-0.05, 0) is 45.8 Å². The largest absolute Gasteiger partial charge is 0.349 e. The first-order valence-corrected chi connectivity index (χ1v) is 10.1. The Kier molecular flexibility index (Phi) is 6.14. The molecule has 140 valence electrons. The van der Waals surface area contributed by atoms with Crippen molar-refractivity contribution in [1.29, 1.82) is 0 Å². The van der Waals surface area contributed by atoms with Gasteiger partial charge < -0.3 is 5.32 Å². The molecule has 1 atom stereocenters. The van der Waals surface area contributed by atoms with Crippen LogP contribution in [0.5, 0.6) is 0 Å². The fraction of sp³-hybridized carbons (Fsp3) is 0.500. The molecule has 5 nitrogen and oxygen atoms in total. The Balaban J connectivity index is 1.62. The molecule has 0 bridgehead atoms. The number of hydrogen-bond acceptors (Lipinski definition) is 3. The minimum absolute atomic E-state index is 0.129. The van der Waals surface area contributed by atoms with Gasteiger partial charge in [0.15, 0.2) is 5.69 Å². The van der Waals surface area contributed by atoms with Crippen molar-refractivity contribution in [2.24, 2.45) is 0 Å². The molecule has 6 heteroatoms. The number of H-pyrrole nitrogens is 1. The van der Waals surface area contributed by atoms with E-state index in [9.17, 15) is 4.79 Å². The maximum absolute atomic E-state index is 12.6. The topological polar surface area (TPSA) is 61.0 Å². The molecule has 1 amide bonds. The van der Waals surface area contributed by atoms with Crippen molar-refractivity contribution in [2.75, 3.05) is 13.1 Å². The summed E-state index contributed by atoms with van der Waals surface area (Å²) in [7, 11) is 0. The van der Waals surface area contributed by atoms with E-state index in [1.165, 1.54) is 11.1 Å². The first-order chi connectivity index (χ1) is 12.5. The third kappa shape index (κ3) is 4.01. The highest BCUT2D eigenvalue weighted by molar-refractivity contribution is 9.10. The number of amides is 1. The Bertz CT molecular complexity index is 771. The van der Waals surface area contributed by atoms with Crippen LogP contribution in [0.25, 0.3) is 0 Å². The number of carbonyl (C=O) groups is 1. The van der Waals surface area contributed by atoms with Crippen molar-refractivity contribution in [3.05, 3.63) is 51.3 Å². The molecule has 1 aromatic heterocycles. The van der Waals surface area contributed by atoms with Gasteiger partial charge in [0.25, 0.3) is 5.91 Å². The highest BCUT2D eigenvalue weighted by Crippen LogP contribution is 2.25. The quantitative estimate of drug-likeness (QED) is 0.748. The van der Waals surface area contributed by atoms with Crippen LogP contribution in [0.4, 0.5) is 0 Å². The van der Waals surface area contributed by atoms with E-state index in [0.717, 1.165) is 36.1 Å². The van der Waals surface area contributed by atoms with Crippen molar-refractivity contribution in [1.82, 2.24) is 20.4 Å². The molecule has 0 saturated carbocycles. The van der Waals surface area contributed by atoms with Crippen LogP contribution in [0.3, 0.4) is 0 Å². The molecule has 0 fully saturated rings. The molecule has 2 N–H and O–H groups in total. The fourth-order valence-electron chi connectivity index (χ4n) is 3.53. The van der Waals surface area contributed by atoms with Crippen LogP contribution < -0.4 is 5.32 Å². The van der Waals surface area contributed by atoms with Crippen LogP contribution in [-0.4, -0.2) is 40.1 Å². The zero-order valence-electron chi connectivity index (χ0n) is 15.7. The molecule has 0 spiro atoms. The van der Waals surface area contributed by atoms with E-state index in [2.05, 4.69) is 81.4 Å². The van der Waals surface area contributed by atoms with Crippen molar-refractivity contribution in [3.63, 3.8) is 0 Å². The minimum atomic E-state index is -0.129. The van der Waals surface area contributed by atoms with Gasteiger partial charge >= 0.3 is 0 Å². The second kappa shape index (κ2) is 8.35. The lowest BCUT2D eigenvalue weighted by Crippen LogP contribution is -2.45. The predicted molar refractivity (Wildman–Crippen MR) is 107 cm³/mol. The molecule has 1 aliphatic rings. The minimum Gasteiger partial charge on any atom is -0.349 e. The van der Waals surface area contributed by atoms with Crippen LogP contribution >= 0.6 is 15.9 Å². The van der Waals surface area contributed by atoms with Gasteiger partial charge in [0.2, 0.25) is 0 Å². The Labute approximate surface area is 163 Å². The smallest absolute Gasteiger partial charge is 0.273 e. The number of fused-ring (bicyclic) bond motifs is 1. The Morgan fingerprint density at radius 2 is 2.08 bits per heavy atom. The summed E-state index contributed by atoms with van der Waals surface area (Å²) in [6, 6.07) is 8.97. The number of aromatic nitrogens is 2. The Hall–Kier alpha value is -1.66. The third-order valence-electron chi connectivity index (χ3n) is 5.17. The summed E-state index contributed by atoms with van der Waals surface area (Å²) in [5.74, 6) is 0.158. The molecule has 1 aromatic carbocycles. The molecule has 0 saturated heterocycles. The van der Waals surface area contributed by atoms with Gasteiger partial charge in [-0.3, -0.25) is 14.8 Å². The maximum atomic E-state index is 12.6. The average molecular weight is 419 g/mol. The molecule has 2 aromatic rings. The average Bonchev–Trinajstić information content (AvgIpc) is 3.03. The van der Waals surface area contributed by atoms with Gasteiger partial charge in [0.05, 0.1) is 10.2 Å². The number of carbonyl (C=O) groups excluding carboxylic acids is 1. The predicted octanol–water partition coefficient (Wildman–Crippen LogP) is 3.86. The lowest BCUT2D eigenvalue weighted by Gasteiger charge is -2.35. The number of nitrogens with zero attached hydrogens (tertiary/aromatic N) is 2. The second-order valence-electron chi connectivity index (χ2n) is 7.22. The highest BCUT2D eigenvalue weighted by atomic mass is 79.9. The molecule has 2 heterocycles. The number of aromatic amines is 1. The molecular formula is C20H27BrN4O. The van der Waals surface area contributed by atoms with Crippen molar-refractivity contribution < 1.29 is 4.79 Å². The van der Waals surface area contributed by atoms with Crippen LogP contribution in [0.1, 0.15) is 60.4 Å². The van der Waals surface area contributed by atoms with Crippen LogP contribution in [0, 0.1) is 0 Å². The molecule has 3 rings (SSSR count). The lowest BCUT2D eigenvalue weighted by atomic mass is 9.98. The zero-order chi connectivity index (χ0) is 18.7. The van der Waals surface area contributed by atoms with Crippen molar-refractivity contribution in [2.45, 2.75) is 52.1 Å². The highest BCUT2D eigenvalue weighted by Gasteiger charge is 2.24. The first-order valence-electron chi connectivity index (χ1n) is 9.34. The SMILES string of the molecule is CCC(CNC(=O)c1n[nH]c(C(C)C)c1Br)N1CCc2ccccc2C1. The summed E-state index contributed by atoms with van der Waals surface area (Å²) in [6.07, 6.45) is 2.07. The fourth-order valence-corrected chi connectivity index (χ4v) is 4.35. The Morgan fingerprint density at radius 1 is 1.35 bits per heavy atom. The zero-order valence-corrected chi connectivity index (χ0v) is 17.3. The summed E-state index contributed by atoms with van der Waals surface area (Å²) in [5, 5.41) is 10.2. The first kappa shape index (κ1) is 19.1. The molecular weight excluding hydrogens is 392 g/mol. The number of hydrogen-bond donors (Lipinski definition) is 2. The standard InChI is InChI=1S/C20H27BrN4O/c1-4-16(25-10-9-14-7-5-6-8-15(14)12-25)11-22-20(26)19-17(21)18(13(2)3)23-24-19/h5-8,13,16H,4,9-12H2,1-3H3,(H,22,26)(H,23,24). The molecule has 0 aliphatic carbocycles. The van der Waals surface area contributed by atoms with E-state index in [0.29, 0.717) is 18.3 Å². The van der Waals surface area contributed by atoms with Gasteiger partial charge in [-0.25, -0.2) is 0 Å². The summed E-state index contributed by atoms with van der Waals surface area (Å²) >= 11 is 3.51. The van der Waals surface area contributed by atoms with Gasteiger partial charge in [-0.1, -0.05) is 45.0 Å².